The molecule has 3 aliphatic rings. The summed E-state index contributed by atoms with van der Waals surface area (Å²) in [5.74, 6) is -1.58. The van der Waals surface area contributed by atoms with E-state index in [1.807, 2.05) is 0 Å². The lowest BCUT2D eigenvalue weighted by atomic mass is 9.80. The predicted molar refractivity (Wildman–Crippen MR) is 199 cm³/mol. The monoisotopic (exact) mass is 783 g/mol. The average Bonchev–Trinajstić information content (AvgIpc) is 3.14. The van der Waals surface area contributed by atoms with Crippen LogP contribution in [0, 0.1) is 23.9 Å². The highest BCUT2D eigenvalue weighted by molar-refractivity contribution is 6.35. The number of carbonyl (C=O) groups is 3. The van der Waals surface area contributed by atoms with Gasteiger partial charge in [-0.2, -0.15) is 4.73 Å². The first-order valence-corrected chi connectivity index (χ1v) is 17.8. The van der Waals surface area contributed by atoms with Gasteiger partial charge in [-0.15, -0.1) is 0 Å². The Morgan fingerprint density at radius 2 is 1.70 bits per heavy atom. The second-order valence-corrected chi connectivity index (χ2v) is 13.9. The Morgan fingerprint density at radius 1 is 1.06 bits per heavy atom. The Bertz CT molecular complexity index is 1990. The van der Waals surface area contributed by atoms with Gasteiger partial charge in [-0.1, -0.05) is 47.5 Å². The first kappa shape index (κ1) is 40.1. The SMILES string of the molecule is COc1ccc([C@H](Cc2c(Cl)c[n+]([O-])cc2Cl)c2c(CN(C(=O)O[C@H]3CN4CCC3CC4)c3ccccc3F)cc(C)cc2C(=O)O)cc1OC.O=CO. The minimum Gasteiger partial charge on any atom is -0.619 e. The van der Waals surface area contributed by atoms with E-state index in [1.165, 1.54) is 49.7 Å². The number of piperidine rings is 3. The molecule has 1 aromatic heterocycles. The molecule has 3 saturated heterocycles. The maximum atomic E-state index is 15.6. The zero-order valence-electron chi connectivity index (χ0n) is 29.8. The molecule has 4 aromatic rings. The van der Waals surface area contributed by atoms with Crippen molar-refractivity contribution in [3.8, 4) is 11.5 Å². The van der Waals surface area contributed by atoms with E-state index in [-0.39, 0.29) is 52.8 Å². The molecule has 3 aliphatic heterocycles. The van der Waals surface area contributed by atoms with E-state index in [0.29, 0.717) is 50.6 Å². The molecule has 0 radical (unpaired) electrons. The van der Waals surface area contributed by atoms with Gasteiger partial charge in [0.25, 0.3) is 6.47 Å². The van der Waals surface area contributed by atoms with Gasteiger partial charge >= 0.3 is 12.1 Å². The summed E-state index contributed by atoms with van der Waals surface area (Å²) in [6.07, 6.45) is 3.12. The normalized spacial score (nSPS) is 17.8. The molecule has 1 amide bonds. The molecule has 15 heteroatoms. The summed E-state index contributed by atoms with van der Waals surface area (Å²) in [6, 6.07) is 14.4. The Labute approximate surface area is 321 Å². The van der Waals surface area contributed by atoms with Crippen molar-refractivity contribution in [1.82, 2.24) is 4.90 Å². The molecule has 0 spiro atoms. The first-order valence-electron chi connectivity index (χ1n) is 17.1. The molecule has 2 atom stereocenters. The van der Waals surface area contributed by atoms with Crippen LogP contribution in [-0.4, -0.2) is 73.6 Å². The number of carboxylic acid groups (broad SMARTS) is 2. The minimum absolute atomic E-state index is 0.00933. The third kappa shape index (κ3) is 8.98. The Kier molecular flexibility index (Phi) is 13.2. The van der Waals surface area contributed by atoms with Gasteiger partial charge in [0.05, 0.1) is 32.0 Å². The Balaban J connectivity index is 0.00000181. The van der Waals surface area contributed by atoms with E-state index < -0.39 is 23.8 Å². The molecule has 4 heterocycles. The number of anilines is 1. The van der Waals surface area contributed by atoms with Crippen molar-refractivity contribution in [3.63, 3.8) is 0 Å². The zero-order valence-corrected chi connectivity index (χ0v) is 31.3. The van der Waals surface area contributed by atoms with Crippen molar-refractivity contribution < 1.29 is 47.9 Å². The maximum Gasteiger partial charge on any atom is 0.415 e. The molecule has 0 unspecified atom stereocenters. The number of halogens is 3. The highest BCUT2D eigenvalue weighted by Crippen LogP contribution is 2.41. The molecule has 286 valence electrons. The highest BCUT2D eigenvalue weighted by atomic mass is 35.5. The Morgan fingerprint density at radius 3 is 2.28 bits per heavy atom. The summed E-state index contributed by atoms with van der Waals surface area (Å²) in [5, 5.41) is 29.9. The lowest BCUT2D eigenvalue weighted by molar-refractivity contribution is -0.605. The number of aryl methyl sites for hydroxylation is 1. The number of amides is 1. The van der Waals surface area contributed by atoms with Gasteiger partial charge in [0.1, 0.15) is 22.0 Å². The lowest BCUT2D eigenvalue weighted by Gasteiger charge is -2.44. The van der Waals surface area contributed by atoms with Gasteiger partial charge in [0, 0.05) is 18.0 Å². The molecule has 7 rings (SSSR count). The van der Waals surface area contributed by atoms with E-state index in [9.17, 15) is 19.9 Å². The molecule has 0 aliphatic carbocycles. The number of carbonyl (C=O) groups excluding carboxylic acids is 1. The summed E-state index contributed by atoms with van der Waals surface area (Å²) >= 11 is 13.2. The number of para-hydroxylation sites is 1. The van der Waals surface area contributed by atoms with Crippen LogP contribution in [0.1, 0.15) is 56.9 Å². The molecule has 3 fully saturated rings. The average molecular weight is 785 g/mol. The lowest BCUT2D eigenvalue weighted by Crippen LogP contribution is -2.53. The molecule has 54 heavy (non-hydrogen) atoms. The van der Waals surface area contributed by atoms with E-state index in [0.717, 1.165) is 25.9 Å². The standard InChI is InChI=1S/C38H38Cl2FN3O7.CH2O2/c1-22-14-25(18-44(32-7-5-4-6-31(32)41)38(47)51-35-21-42-12-10-23(35)11-13-42)36(28(15-22)37(45)46)26(17-27-29(39)19-43(48)20-30(27)40)24-8-9-33(49-2)34(16-24)50-3;2-1-3/h4-9,14-16,19-20,23,26,35H,10-13,17-18,21H2,1-3H3,(H,45,46);1H,(H,2,3)/t26-,35-;/m0./s1. The van der Waals surface area contributed by atoms with E-state index in [1.54, 1.807) is 43.3 Å². The number of hydrogen-bond donors (Lipinski definition) is 2. The predicted octanol–water partition coefficient (Wildman–Crippen LogP) is 7.10. The van der Waals surface area contributed by atoms with Crippen LogP contribution in [0.5, 0.6) is 11.5 Å². The fourth-order valence-electron chi connectivity index (χ4n) is 7.30. The van der Waals surface area contributed by atoms with Crippen LogP contribution in [0.3, 0.4) is 0 Å². The third-order valence-electron chi connectivity index (χ3n) is 9.81. The van der Waals surface area contributed by atoms with E-state index >= 15 is 4.39 Å². The van der Waals surface area contributed by atoms with Crippen LogP contribution in [-0.2, 0) is 22.5 Å². The number of aromatic carboxylic acids is 1. The largest absolute Gasteiger partial charge is 0.619 e. The number of ether oxygens (including phenoxy) is 3. The summed E-state index contributed by atoms with van der Waals surface area (Å²) in [6.45, 7) is 3.77. The molecule has 2 bridgehead atoms. The topological polar surface area (TPSA) is 153 Å². The fraction of sp³-hybridized carbons (Fsp3) is 0.333. The number of nitrogens with zero attached hydrogens (tertiary/aromatic N) is 3. The highest BCUT2D eigenvalue weighted by Gasteiger charge is 2.38. The van der Waals surface area contributed by atoms with Crippen LogP contribution in [0.25, 0.3) is 0 Å². The van der Waals surface area contributed by atoms with Crippen LogP contribution in [0.15, 0.2) is 67.0 Å². The zero-order chi connectivity index (χ0) is 39.1. The molecule has 2 N–H and O–H groups in total. The van der Waals surface area contributed by atoms with E-state index in [4.69, 9.17) is 47.3 Å². The van der Waals surface area contributed by atoms with Crippen LogP contribution in [0.4, 0.5) is 14.9 Å². The number of benzene rings is 3. The molecular formula is C39H40Cl2FN3O9. The van der Waals surface area contributed by atoms with Crippen molar-refractivity contribution in [2.45, 2.75) is 44.8 Å². The van der Waals surface area contributed by atoms with Gasteiger partial charge < -0.3 is 29.6 Å². The van der Waals surface area contributed by atoms with E-state index in [2.05, 4.69) is 4.90 Å². The summed E-state index contributed by atoms with van der Waals surface area (Å²) in [7, 11) is 2.99. The van der Waals surface area contributed by atoms with Crippen molar-refractivity contribution in [2.75, 3.05) is 38.8 Å². The number of methoxy groups -OCH3 is 2. The number of carboxylic acids is 1. The fourth-order valence-corrected chi connectivity index (χ4v) is 7.90. The van der Waals surface area contributed by atoms with Crippen molar-refractivity contribution in [3.05, 3.63) is 121 Å². The smallest absolute Gasteiger partial charge is 0.415 e. The second kappa shape index (κ2) is 17.8. The second-order valence-electron chi connectivity index (χ2n) is 13.1. The summed E-state index contributed by atoms with van der Waals surface area (Å²) in [4.78, 5) is 39.1. The van der Waals surface area contributed by atoms with Gasteiger partial charge in [-0.3, -0.25) is 14.6 Å². The van der Waals surface area contributed by atoms with Gasteiger partial charge in [0.2, 0.25) is 0 Å². The van der Waals surface area contributed by atoms with Crippen LogP contribution in [0.2, 0.25) is 10.0 Å². The van der Waals surface area contributed by atoms with Crippen LogP contribution < -0.4 is 19.1 Å². The number of fused-ring (bicyclic) bond motifs is 3. The molecule has 0 saturated carbocycles. The van der Waals surface area contributed by atoms with Gasteiger partial charge in [-0.25, -0.2) is 14.0 Å². The van der Waals surface area contributed by atoms with Crippen molar-refractivity contribution >= 4 is 47.4 Å². The summed E-state index contributed by atoms with van der Waals surface area (Å²) < 4.78 is 33.3. The quantitative estimate of drug-likeness (QED) is 0.0915. The van der Waals surface area contributed by atoms with Gasteiger partial charge in [0.15, 0.2) is 23.9 Å². The first-order chi connectivity index (χ1) is 25.9. The number of hydrogen-bond acceptors (Lipinski definition) is 8. The number of aromatic nitrogens is 1. The third-order valence-corrected chi connectivity index (χ3v) is 10.5. The van der Waals surface area contributed by atoms with Crippen LogP contribution >= 0.6 is 23.2 Å². The molecule has 3 aromatic carbocycles. The maximum absolute atomic E-state index is 15.6. The molecule has 12 nitrogen and oxygen atoms in total. The summed E-state index contributed by atoms with van der Waals surface area (Å²) in [5.41, 5.74) is 2.35. The number of pyridine rings is 1. The van der Waals surface area contributed by atoms with Crippen molar-refractivity contribution in [1.29, 1.82) is 0 Å². The van der Waals surface area contributed by atoms with Gasteiger partial charge in [-0.05, 0) is 97.8 Å². The molecular weight excluding hydrogens is 744 g/mol. The minimum atomic E-state index is -1.21. The Hall–Kier alpha value is -5.11. The van der Waals surface area contributed by atoms with Crippen molar-refractivity contribution in [2.24, 2.45) is 5.92 Å². The number of rotatable bonds is 11.